The number of rotatable bonds is 6. The first kappa shape index (κ1) is 25.9. The summed E-state index contributed by atoms with van der Waals surface area (Å²) in [6.07, 6.45) is 2.38. The Morgan fingerprint density at radius 3 is 2.59 bits per heavy atom. The largest absolute Gasteiger partial charge is 0.506 e. The van der Waals surface area contributed by atoms with Crippen LogP contribution in [0.4, 0.5) is 17.5 Å². The maximum Gasteiger partial charge on any atom is 0.356 e. The van der Waals surface area contributed by atoms with Crippen molar-refractivity contribution in [3.63, 3.8) is 0 Å². The van der Waals surface area contributed by atoms with Crippen LogP contribution in [0.1, 0.15) is 25.0 Å². The summed E-state index contributed by atoms with van der Waals surface area (Å²) in [5.74, 6) is -0.402. The normalized spacial score (nSPS) is 13.1. The minimum absolute atomic E-state index is 0.0462. The minimum atomic E-state index is -0.789. The third-order valence-electron chi connectivity index (χ3n) is 6.06. The van der Waals surface area contributed by atoms with Crippen molar-refractivity contribution in [1.82, 2.24) is 24.4 Å². The summed E-state index contributed by atoms with van der Waals surface area (Å²) in [5.41, 5.74) is 8.72. The zero-order valence-corrected chi connectivity index (χ0v) is 21.1. The number of para-hydroxylation sites is 1. The Labute approximate surface area is 214 Å². The fourth-order valence-corrected chi connectivity index (χ4v) is 4.26. The van der Waals surface area contributed by atoms with E-state index < -0.39 is 5.69 Å². The molecule has 0 saturated carbocycles. The zero-order chi connectivity index (χ0) is 26.5. The van der Waals surface area contributed by atoms with Crippen molar-refractivity contribution in [3.8, 4) is 17.2 Å². The van der Waals surface area contributed by atoms with Crippen molar-refractivity contribution in [3.05, 3.63) is 64.2 Å². The van der Waals surface area contributed by atoms with Crippen LogP contribution in [0.2, 0.25) is 0 Å². The highest BCUT2D eigenvalue weighted by atomic mass is 16.5. The third kappa shape index (κ3) is 5.32. The van der Waals surface area contributed by atoms with Gasteiger partial charge in [0.25, 0.3) is 0 Å². The molecule has 0 bridgehead atoms. The van der Waals surface area contributed by atoms with Crippen LogP contribution < -0.4 is 16.7 Å². The van der Waals surface area contributed by atoms with Crippen molar-refractivity contribution in [2.45, 2.75) is 26.8 Å². The number of nitrogens with one attached hydrogen (secondary N) is 1. The highest BCUT2D eigenvalue weighted by Gasteiger charge is 2.19. The van der Waals surface area contributed by atoms with Gasteiger partial charge < -0.3 is 26.0 Å². The Morgan fingerprint density at radius 1 is 1.11 bits per heavy atom. The fraction of sp³-hybridized carbons (Fsp3) is 0.308. The predicted octanol–water partition coefficient (Wildman–Crippen LogP) is 2.94. The topological polar surface area (TPSA) is 152 Å². The van der Waals surface area contributed by atoms with E-state index in [0.717, 1.165) is 36.3 Å². The number of nitrogen functional groups attached to an aromatic ring is 1. The monoisotopic (exact) mass is 505 g/mol. The molecular weight excluding hydrogens is 474 g/mol. The van der Waals surface area contributed by atoms with Crippen molar-refractivity contribution in [2.75, 3.05) is 37.9 Å². The van der Waals surface area contributed by atoms with Crippen molar-refractivity contribution in [1.29, 1.82) is 0 Å². The predicted molar refractivity (Wildman–Crippen MR) is 143 cm³/mol. The molecule has 0 atom stereocenters. The van der Waals surface area contributed by atoms with Gasteiger partial charge >= 0.3 is 5.69 Å². The molecule has 5 rings (SSSR count). The van der Waals surface area contributed by atoms with Gasteiger partial charge in [0.15, 0.2) is 5.65 Å². The van der Waals surface area contributed by atoms with Gasteiger partial charge in [0.2, 0.25) is 5.95 Å². The molecule has 1 aliphatic heterocycles. The second kappa shape index (κ2) is 11.2. The molecule has 2 aromatic carbocycles. The number of aromatic hydroxyl groups is 2. The minimum Gasteiger partial charge on any atom is -0.506 e. The second-order valence-electron chi connectivity index (χ2n) is 8.32. The molecule has 0 radical (unpaired) electrons. The van der Waals surface area contributed by atoms with Crippen LogP contribution in [-0.2, 0) is 17.7 Å². The fourth-order valence-electron chi connectivity index (χ4n) is 4.26. The smallest absolute Gasteiger partial charge is 0.356 e. The van der Waals surface area contributed by atoms with Gasteiger partial charge in [0.05, 0.1) is 12.0 Å². The maximum atomic E-state index is 12.7. The summed E-state index contributed by atoms with van der Waals surface area (Å²) < 4.78 is 6.11. The first-order valence-corrected chi connectivity index (χ1v) is 12.1. The Balaban J connectivity index is 0.00000156. The summed E-state index contributed by atoms with van der Waals surface area (Å²) in [4.78, 5) is 27.8. The van der Waals surface area contributed by atoms with Crippen LogP contribution in [0.15, 0.2) is 47.4 Å². The average Bonchev–Trinajstić information content (AvgIpc) is 2.90. The number of nitrogens with zero attached hydrogens (tertiary/aromatic N) is 5. The molecule has 1 aliphatic rings. The van der Waals surface area contributed by atoms with Crippen LogP contribution in [0.5, 0.6) is 11.5 Å². The van der Waals surface area contributed by atoms with E-state index in [4.69, 9.17) is 10.5 Å². The number of fused-ring (bicyclic) bond motifs is 2. The number of benzene rings is 2. The number of anilines is 3. The number of methoxy groups -OCH3 is 1. The Bertz CT molecular complexity index is 1450. The molecule has 0 saturated heterocycles. The lowest BCUT2D eigenvalue weighted by molar-refractivity contribution is 0.141. The van der Waals surface area contributed by atoms with Crippen LogP contribution in [0.3, 0.4) is 0 Å². The van der Waals surface area contributed by atoms with E-state index in [9.17, 15) is 15.0 Å². The van der Waals surface area contributed by atoms with Gasteiger partial charge in [-0.25, -0.2) is 14.3 Å². The zero-order valence-electron chi connectivity index (χ0n) is 21.1. The van der Waals surface area contributed by atoms with E-state index in [1.807, 2.05) is 19.9 Å². The number of hydrogen-bond acceptors (Lipinski definition) is 10. The van der Waals surface area contributed by atoms with Gasteiger partial charge in [0, 0.05) is 38.6 Å². The number of phenolic OH excluding ortho intramolecular Hbond substituents is 2. The lowest BCUT2D eigenvalue weighted by Gasteiger charge is -2.28. The van der Waals surface area contributed by atoms with Gasteiger partial charge in [-0.15, -0.1) is 0 Å². The second-order valence-corrected chi connectivity index (χ2v) is 8.32. The molecule has 5 N–H and O–H groups in total. The molecule has 4 aromatic rings. The maximum absolute atomic E-state index is 12.7. The first-order valence-electron chi connectivity index (χ1n) is 12.1. The molecule has 37 heavy (non-hydrogen) atoms. The van der Waals surface area contributed by atoms with Crippen LogP contribution in [0, 0.1) is 0 Å². The van der Waals surface area contributed by atoms with E-state index >= 15 is 0 Å². The Morgan fingerprint density at radius 2 is 1.86 bits per heavy atom. The Kier molecular flexibility index (Phi) is 7.85. The molecule has 0 aliphatic carbocycles. The van der Waals surface area contributed by atoms with Gasteiger partial charge in [-0.3, -0.25) is 4.90 Å². The molecule has 2 aromatic heterocycles. The number of hydrogen-bond donors (Lipinski definition) is 4. The molecule has 11 heteroatoms. The Hall–Kier alpha value is -4.22. The molecule has 3 heterocycles. The van der Waals surface area contributed by atoms with Crippen molar-refractivity contribution < 1.29 is 14.9 Å². The van der Waals surface area contributed by atoms with Gasteiger partial charge in [-0.2, -0.15) is 9.97 Å². The summed E-state index contributed by atoms with van der Waals surface area (Å²) >= 11 is 0. The summed E-state index contributed by atoms with van der Waals surface area (Å²) in [7, 11) is 1.71. The first-order chi connectivity index (χ1) is 17.9. The summed E-state index contributed by atoms with van der Waals surface area (Å²) in [6, 6.07) is 10.3. The molecule has 0 unspecified atom stereocenters. The lowest BCUT2D eigenvalue weighted by Crippen LogP contribution is -2.33. The van der Waals surface area contributed by atoms with E-state index in [-0.39, 0.29) is 34.6 Å². The van der Waals surface area contributed by atoms with Gasteiger partial charge in [0.1, 0.15) is 23.0 Å². The highest BCUT2D eigenvalue weighted by molar-refractivity contribution is 5.86. The van der Waals surface area contributed by atoms with E-state index in [0.29, 0.717) is 12.0 Å². The molecule has 0 fully saturated rings. The molecule has 0 amide bonds. The van der Waals surface area contributed by atoms with E-state index in [2.05, 4.69) is 37.3 Å². The van der Waals surface area contributed by atoms with E-state index in [1.165, 1.54) is 35.5 Å². The van der Waals surface area contributed by atoms with Crippen molar-refractivity contribution in [2.24, 2.45) is 0 Å². The van der Waals surface area contributed by atoms with Crippen LogP contribution in [0.25, 0.3) is 16.7 Å². The van der Waals surface area contributed by atoms with Gasteiger partial charge in [-0.1, -0.05) is 26.0 Å². The molecule has 194 valence electrons. The molecule has 0 spiro atoms. The molecular formula is C26H31N7O4. The van der Waals surface area contributed by atoms with Crippen LogP contribution in [-0.4, -0.2) is 61.4 Å². The quantitative estimate of drug-likeness (QED) is 0.308. The SMILES string of the molecule is CC.COCCN1CCc2cc(Nc3ncc4c(N)n(-c5c(O)cccc5O)c(=O)nc4n3)ccc2C1. The van der Waals surface area contributed by atoms with Crippen molar-refractivity contribution >= 4 is 28.5 Å². The number of phenols is 2. The third-order valence-corrected chi connectivity index (χ3v) is 6.06. The summed E-state index contributed by atoms with van der Waals surface area (Å²) in [5, 5.41) is 23.8. The standard InChI is InChI=1S/C24H25N7O4.C2H6/c1-35-10-9-30-8-7-14-11-16(6-5-15(14)13-30)27-23-26-12-17-21(25)31(24(34)29-22(17)28-23)20-18(32)3-2-4-19(20)33;1-2/h2-6,11-12,32-33H,7-10,13,25H2,1H3,(H,27,28,29,34);1-2H3. The average molecular weight is 506 g/mol. The number of nitrogens with two attached hydrogens (primary N) is 1. The highest BCUT2D eigenvalue weighted by Crippen LogP contribution is 2.32. The van der Waals surface area contributed by atoms with E-state index in [1.54, 1.807) is 7.11 Å². The lowest BCUT2D eigenvalue weighted by atomic mass is 9.99. The molecule has 11 nitrogen and oxygen atoms in total. The summed E-state index contributed by atoms with van der Waals surface area (Å²) in [6.45, 7) is 7.47. The number of aromatic nitrogens is 4. The van der Waals surface area contributed by atoms with Gasteiger partial charge in [-0.05, 0) is 41.8 Å². The van der Waals surface area contributed by atoms with Crippen LogP contribution >= 0.6 is 0 Å². The number of ether oxygens (including phenoxy) is 1.